The van der Waals surface area contributed by atoms with E-state index in [4.69, 9.17) is 5.11 Å². The van der Waals surface area contributed by atoms with E-state index in [0.29, 0.717) is 6.42 Å². The van der Waals surface area contributed by atoms with Crippen molar-refractivity contribution in [2.24, 2.45) is 5.92 Å². The summed E-state index contributed by atoms with van der Waals surface area (Å²) in [5.41, 5.74) is 3.16. The molecule has 3 nitrogen and oxygen atoms in total. The van der Waals surface area contributed by atoms with E-state index in [0.717, 1.165) is 19.5 Å². The second-order valence-corrected chi connectivity index (χ2v) is 4.09. The minimum atomic E-state index is -0.773. The summed E-state index contributed by atoms with van der Waals surface area (Å²) < 4.78 is 13.5. The number of hydrazine groups is 1. The molecule has 3 unspecified atom stereocenters. The van der Waals surface area contributed by atoms with Crippen molar-refractivity contribution in [3.8, 4) is 0 Å². The fraction of sp³-hybridized carbons (Fsp3) is 0.800. The second kappa shape index (κ2) is 4.38. The Balaban J connectivity index is 1.92. The monoisotopic (exact) mass is 200 g/mol. The lowest BCUT2D eigenvalue weighted by molar-refractivity contribution is 0.0864. The van der Waals surface area contributed by atoms with Crippen molar-refractivity contribution in [1.82, 2.24) is 10.4 Å². The van der Waals surface area contributed by atoms with E-state index in [-0.39, 0.29) is 18.6 Å². The molecule has 0 aromatic rings. The molecule has 0 aromatic heterocycles. The third kappa shape index (κ3) is 1.97. The first-order chi connectivity index (χ1) is 6.81. The average Bonchev–Trinajstić information content (AvgIpc) is 2.67. The van der Waals surface area contributed by atoms with Gasteiger partial charge in [0.2, 0.25) is 0 Å². The number of halogens is 1. The van der Waals surface area contributed by atoms with Gasteiger partial charge in [0.1, 0.15) is 6.17 Å². The molecule has 1 aliphatic carbocycles. The summed E-state index contributed by atoms with van der Waals surface area (Å²) in [5.74, 6) is 0.258. The largest absolute Gasteiger partial charge is 0.396 e. The maximum Gasteiger partial charge on any atom is 0.121 e. The SMILES string of the molecule is OCC1CNN(C2CC=CCC2F)C1. The van der Waals surface area contributed by atoms with Gasteiger partial charge in [0.15, 0.2) is 0 Å². The number of aliphatic hydroxyl groups is 1. The number of allylic oxidation sites excluding steroid dienone is 1. The zero-order valence-electron chi connectivity index (χ0n) is 8.19. The maximum atomic E-state index is 13.5. The van der Waals surface area contributed by atoms with Gasteiger partial charge < -0.3 is 5.11 Å². The smallest absolute Gasteiger partial charge is 0.121 e. The van der Waals surface area contributed by atoms with Crippen molar-refractivity contribution in [2.45, 2.75) is 25.1 Å². The van der Waals surface area contributed by atoms with Crippen LogP contribution in [0.5, 0.6) is 0 Å². The minimum absolute atomic E-state index is 0.0449. The molecule has 1 fully saturated rings. The molecule has 0 spiro atoms. The maximum absolute atomic E-state index is 13.5. The first kappa shape index (κ1) is 10.1. The Morgan fingerprint density at radius 2 is 2.21 bits per heavy atom. The summed E-state index contributed by atoms with van der Waals surface area (Å²) in [4.78, 5) is 0. The van der Waals surface area contributed by atoms with Gasteiger partial charge in [0.25, 0.3) is 0 Å². The summed E-state index contributed by atoms with van der Waals surface area (Å²) in [6.45, 7) is 1.71. The van der Waals surface area contributed by atoms with Crippen LogP contribution in [0.1, 0.15) is 12.8 Å². The summed E-state index contributed by atoms with van der Waals surface area (Å²) >= 11 is 0. The molecule has 0 bridgehead atoms. The van der Waals surface area contributed by atoms with Gasteiger partial charge >= 0.3 is 0 Å². The lowest BCUT2D eigenvalue weighted by atomic mass is 9.99. The van der Waals surface area contributed by atoms with Crippen LogP contribution >= 0.6 is 0 Å². The van der Waals surface area contributed by atoms with Crippen molar-refractivity contribution in [3.63, 3.8) is 0 Å². The third-order valence-corrected chi connectivity index (χ3v) is 3.02. The highest BCUT2D eigenvalue weighted by Gasteiger charge is 2.32. The molecule has 1 heterocycles. The Morgan fingerprint density at radius 3 is 2.86 bits per heavy atom. The summed E-state index contributed by atoms with van der Waals surface area (Å²) in [7, 11) is 0. The Hall–Kier alpha value is -0.450. The number of rotatable bonds is 2. The van der Waals surface area contributed by atoms with Crippen molar-refractivity contribution >= 4 is 0 Å². The third-order valence-electron chi connectivity index (χ3n) is 3.02. The van der Waals surface area contributed by atoms with Gasteiger partial charge in [0, 0.05) is 25.6 Å². The van der Waals surface area contributed by atoms with Gasteiger partial charge in [-0.3, -0.25) is 5.43 Å². The molecular formula is C10H17FN2O. The number of alkyl halides is 1. The van der Waals surface area contributed by atoms with E-state index < -0.39 is 6.17 Å². The molecule has 1 aliphatic heterocycles. The molecule has 80 valence electrons. The first-order valence-electron chi connectivity index (χ1n) is 5.21. The van der Waals surface area contributed by atoms with Crippen LogP contribution in [0.2, 0.25) is 0 Å². The normalized spacial score (nSPS) is 39.1. The van der Waals surface area contributed by atoms with Gasteiger partial charge in [-0.25, -0.2) is 9.40 Å². The Kier molecular flexibility index (Phi) is 3.15. The van der Waals surface area contributed by atoms with Gasteiger partial charge in [-0.2, -0.15) is 0 Å². The fourth-order valence-corrected chi connectivity index (χ4v) is 2.12. The summed E-state index contributed by atoms with van der Waals surface area (Å²) in [5, 5.41) is 10.9. The number of hydrogen-bond donors (Lipinski definition) is 2. The molecule has 0 radical (unpaired) electrons. The van der Waals surface area contributed by atoms with Crippen LogP contribution in [-0.4, -0.2) is 42.0 Å². The van der Waals surface area contributed by atoms with Crippen LogP contribution in [0.25, 0.3) is 0 Å². The van der Waals surface area contributed by atoms with Crippen LogP contribution in [-0.2, 0) is 0 Å². The van der Waals surface area contributed by atoms with Crippen LogP contribution in [0.3, 0.4) is 0 Å². The molecule has 0 saturated carbocycles. The molecule has 1 saturated heterocycles. The quantitative estimate of drug-likeness (QED) is 0.636. The highest BCUT2D eigenvalue weighted by molar-refractivity contribution is 4.99. The van der Waals surface area contributed by atoms with E-state index in [1.165, 1.54) is 0 Å². The van der Waals surface area contributed by atoms with Crippen LogP contribution in [0, 0.1) is 5.92 Å². The molecule has 0 amide bonds. The van der Waals surface area contributed by atoms with Crippen molar-refractivity contribution in [1.29, 1.82) is 0 Å². The molecular weight excluding hydrogens is 183 g/mol. The fourth-order valence-electron chi connectivity index (χ4n) is 2.12. The molecule has 4 heteroatoms. The topological polar surface area (TPSA) is 35.5 Å². The molecule has 2 rings (SSSR count). The zero-order valence-corrected chi connectivity index (χ0v) is 8.19. The minimum Gasteiger partial charge on any atom is -0.396 e. The average molecular weight is 200 g/mol. The number of hydrogen-bond acceptors (Lipinski definition) is 3. The lowest BCUT2D eigenvalue weighted by Crippen LogP contribution is -2.46. The molecule has 0 aromatic carbocycles. The highest BCUT2D eigenvalue weighted by Crippen LogP contribution is 2.22. The number of aliphatic hydroxyl groups excluding tert-OH is 1. The summed E-state index contributed by atoms with van der Waals surface area (Å²) in [6.07, 6.45) is 4.46. The van der Waals surface area contributed by atoms with Crippen LogP contribution in [0.4, 0.5) is 4.39 Å². The van der Waals surface area contributed by atoms with E-state index >= 15 is 0 Å². The van der Waals surface area contributed by atoms with Crippen LogP contribution < -0.4 is 5.43 Å². The predicted octanol–water partition coefficient (Wildman–Crippen LogP) is 0.472. The van der Waals surface area contributed by atoms with E-state index in [1.54, 1.807) is 0 Å². The van der Waals surface area contributed by atoms with E-state index in [1.807, 2.05) is 17.2 Å². The first-order valence-corrected chi connectivity index (χ1v) is 5.21. The van der Waals surface area contributed by atoms with E-state index in [9.17, 15) is 4.39 Å². The number of nitrogens with zero attached hydrogens (tertiary/aromatic N) is 1. The van der Waals surface area contributed by atoms with Gasteiger partial charge in [-0.05, 0) is 12.8 Å². The molecule has 2 aliphatic rings. The van der Waals surface area contributed by atoms with Gasteiger partial charge in [0.05, 0.1) is 6.04 Å². The Bertz CT molecular complexity index is 222. The predicted molar refractivity (Wildman–Crippen MR) is 52.3 cm³/mol. The van der Waals surface area contributed by atoms with Crippen LogP contribution in [0.15, 0.2) is 12.2 Å². The van der Waals surface area contributed by atoms with Gasteiger partial charge in [-0.1, -0.05) is 12.2 Å². The van der Waals surface area contributed by atoms with Crippen molar-refractivity contribution in [2.75, 3.05) is 19.7 Å². The Labute approximate surface area is 83.6 Å². The van der Waals surface area contributed by atoms with E-state index in [2.05, 4.69) is 5.43 Å². The standard InChI is InChI=1S/C10H17FN2O/c11-9-3-1-2-4-10(9)13-6-8(7-14)5-12-13/h1-2,8-10,12,14H,3-7H2. The molecule has 3 atom stereocenters. The number of nitrogens with one attached hydrogen (secondary N) is 1. The van der Waals surface area contributed by atoms with Crippen molar-refractivity contribution < 1.29 is 9.50 Å². The summed E-state index contributed by atoms with van der Waals surface area (Å²) in [6, 6.07) is -0.0449. The highest BCUT2D eigenvalue weighted by atomic mass is 19.1. The molecule has 2 N–H and O–H groups in total. The Morgan fingerprint density at radius 1 is 1.43 bits per heavy atom. The van der Waals surface area contributed by atoms with Crippen molar-refractivity contribution in [3.05, 3.63) is 12.2 Å². The van der Waals surface area contributed by atoms with Gasteiger partial charge in [-0.15, -0.1) is 0 Å². The lowest BCUT2D eigenvalue weighted by Gasteiger charge is -2.31. The zero-order chi connectivity index (χ0) is 9.97. The molecule has 14 heavy (non-hydrogen) atoms. The second-order valence-electron chi connectivity index (χ2n) is 4.09.